The summed E-state index contributed by atoms with van der Waals surface area (Å²) in [5.74, 6) is -2.40. The highest BCUT2D eigenvalue weighted by molar-refractivity contribution is 5.91. The van der Waals surface area contributed by atoms with E-state index in [-0.39, 0.29) is 6.61 Å². The molecule has 0 spiro atoms. The summed E-state index contributed by atoms with van der Waals surface area (Å²) < 4.78 is 42.6. The molecule has 7 heteroatoms. The molecule has 0 N–H and O–H groups in total. The van der Waals surface area contributed by atoms with Crippen LogP contribution in [0.3, 0.4) is 0 Å². The SMILES string of the molecule is CCOC(=O)c1cc(C#N)c(F)nc1C(F)F. The van der Waals surface area contributed by atoms with Gasteiger partial charge < -0.3 is 4.74 Å². The van der Waals surface area contributed by atoms with Crippen LogP contribution in [0.4, 0.5) is 13.2 Å². The minimum atomic E-state index is -3.13. The van der Waals surface area contributed by atoms with Gasteiger partial charge in [-0.1, -0.05) is 0 Å². The second kappa shape index (κ2) is 5.30. The lowest BCUT2D eigenvalue weighted by Gasteiger charge is -2.07. The smallest absolute Gasteiger partial charge is 0.340 e. The fourth-order valence-electron chi connectivity index (χ4n) is 1.12. The maximum Gasteiger partial charge on any atom is 0.340 e. The topological polar surface area (TPSA) is 63.0 Å². The highest BCUT2D eigenvalue weighted by Crippen LogP contribution is 2.23. The number of hydrogen-bond donors (Lipinski definition) is 0. The van der Waals surface area contributed by atoms with Crippen LogP contribution in [-0.4, -0.2) is 17.6 Å². The Morgan fingerprint density at radius 2 is 2.29 bits per heavy atom. The number of alkyl halides is 2. The normalized spacial score (nSPS) is 10.1. The summed E-state index contributed by atoms with van der Waals surface area (Å²) in [6.45, 7) is 1.46. The van der Waals surface area contributed by atoms with Crippen LogP contribution in [0, 0.1) is 17.3 Å². The fraction of sp³-hybridized carbons (Fsp3) is 0.300. The Hall–Kier alpha value is -2.10. The number of rotatable bonds is 3. The van der Waals surface area contributed by atoms with Gasteiger partial charge >= 0.3 is 5.97 Å². The van der Waals surface area contributed by atoms with E-state index in [1.807, 2.05) is 0 Å². The second-order valence-electron chi connectivity index (χ2n) is 2.89. The minimum Gasteiger partial charge on any atom is -0.462 e. The first-order chi connectivity index (χ1) is 8.01. The molecule has 1 aromatic rings. The van der Waals surface area contributed by atoms with E-state index in [0.29, 0.717) is 6.07 Å². The van der Waals surface area contributed by atoms with E-state index in [1.165, 1.54) is 13.0 Å². The number of carbonyl (C=O) groups excluding carboxylic acids is 1. The summed E-state index contributed by atoms with van der Waals surface area (Å²) in [6, 6.07) is 2.12. The van der Waals surface area contributed by atoms with Crippen molar-refractivity contribution >= 4 is 5.97 Å². The highest BCUT2D eigenvalue weighted by Gasteiger charge is 2.24. The largest absolute Gasteiger partial charge is 0.462 e. The molecule has 1 heterocycles. The summed E-state index contributed by atoms with van der Waals surface area (Å²) in [5, 5.41) is 8.51. The number of hydrogen-bond acceptors (Lipinski definition) is 4. The van der Waals surface area contributed by atoms with Gasteiger partial charge in [-0.25, -0.2) is 18.6 Å². The molecule has 0 bridgehead atoms. The molecule has 0 saturated carbocycles. The van der Waals surface area contributed by atoms with Crippen molar-refractivity contribution in [2.45, 2.75) is 13.3 Å². The monoisotopic (exact) mass is 244 g/mol. The van der Waals surface area contributed by atoms with Crippen molar-refractivity contribution in [1.82, 2.24) is 4.98 Å². The van der Waals surface area contributed by atoms with Crippen LogP contribution in [0.15, 0.2) is 6.07 Å². The molecule has 0 aliphatic rings. The molecule has 0 aliphatic heterocycles. The average Bonchev–Trinajstić information content (AvgIpc) is 2.28. The van der Waals surface area contributed by atoms with Crippen molar-refractivity contribution in [3.8, 4) is 6.07 Å². The van der Waals surface area contributed by atoms with Gasteiger partial charge in [0.2, 0.25) is 5.95 Å². The van der Waals surface area contributed by atoms with Gasteiger partial charge in [-0.15, -0.1) is 0 Å². The molecule has 0 unspecified atom stereocenters. The highest BCUT2D eigenvalue weighted by atomic mass is 19.3. The second-order valence-corrected chi connectivity index (χ2v) is 2.89. The quantitative estimate of drug-likeness (QED) is 0.604. The van der Waals surface area contributed by atoms with E-state index < -0.39 is 35.2 Å². The van der Waals surface area contributed by atoms with Crippen LogP contribution < -0.4 is 0 Å². The molecule has 90 valence electrons. The Bertz CT molecular complexity index is 483. The third kappa shape index (κ3) is 2.72. The van der Waals surface area contributed by atoms with E-state index in [0.717, 1.165) is 0 Å². The lowest BCUT2D eigenvalue weighted by atomic mass is 10.1. The molecule has 1 rings (SSSR count). The lowest BCUT2D eigenvalue weighted by molar-refractivity contribution is 0.0513. The third-order valence-electron chi connectivity index (χ3n) is 1.83. The Morgan fingerprint density at radius 3 is 2.76 bits per heavy atom. The number of carbonyl (C=O) groups is 1. The average molecular weight is 244 g/mol. The van der Waals surface area contributed by atoms with Gasteiger partial charge in [-0.05, 0) is 13.0 Å². The number of esters is 1. The third-order valence-corrected chi connectivity index (χ3v) is 1.83. The Morgan fingerprint density at radius 1 is 1.65 bits per heavy atom. The predicted molar refractivity (Wildman–Crippen MR) is 49.8 cm³/mol. The van der Waals surface area contributed by atoms with E-state index in [9.17, 15) is 18.0 Å². The number of pyridine rings is 1. The van der Waals surface area contributed by atoms with Gasteiger partial charge in [0.25, 0.3) is 6.43 Å². The zero-order valence-corrected chi connectivity index (χ0v) is 8.71. The van der Waals surface area contributed by atoms with Crippen molar-refractivity contribution < 1.29 is 22.7 Å². The van der Waals surface area contributed by atoms with E-state index in [1.54, 1.807) is 0 Å². The molecule has 4 nitrogen and oxygen atoms in total. The fourth-order valence-corrected chi connectivity index (χ4v) is 1.12. The Balaban J connectivity index is 3.35. The summed E-state index contributed by atoms with van der Waals surface area (Å²) in [6.07, 6.45) is -3.13. The van der Waals surface area contributed by atoms with Gasteiger partial charge in [-0.3, -0.25) is 0 Å². The first-order valence-corrected chi connectivity index (χ1v) is 4.57. The zero-order valence-electron chi connectivity index (χ0n) is 8.71. The van der Waals surface area contributed by atoms with Crippen molar-refractivity contribution in [3.05, 3.63) is 28.8 Å². The van der Waals surface area contributed by atoms with Gasteiger partial charge in [0.05, 0.1) is 12.2 Å². The molecule has 0 amide bonds. The molecule has 0 saturated heterocycles. The van der Waals surface area contributed by atoms with E-state index in [2.05, 4.69) is 9.72 Å². The number of ether oxygens (including phenoxy) is 1. The summed E-state index contributed by atoms with van der Waals surface area (Å²) in [4.78, 5) is 14.2. The number of nitrogens with zero attached hydrogens (tertiary/aromatic N) is 2. The lowest BCUT2D eigenvalue weighted by Crippen LogP contribution is -2.12. The van der Waals surface area contributed by atoms with Gasteiger partial charge in [0.15, 0.2) is 0 Å². The van der Waals surface area contributed by atoms with Gasteiger partial charge in [0.1, 0.15) is 17.3 Å². The first kappa shape index (κ1) is 13.0. The molecule has 0 aliphatic carbocycles. The first-order valence-electron chi connectivity index (χ1n) is 4.57. The molecule has 1 aromatic heterocycles. The molecule has 0 aromatic carbocycles. The van der Waals surface area contributed by atoms with Crippen LogP contribution >= 0.6 is 0 Å². The molecule has 0 radical (unpaired) electrons. The number of aromatic nitrogens is 1. The Labute approximate surface area is 94.6 Å². The predicted octanol–water partition coefficient (Wildman–Crippen LogP) is 2.21. The van der Waals surface area contributed by atoms with Gasteiger partial charge in [0, 0.05) is 0 Å². The van der Waals surface area contributed by atoms with E-state index in [4.69, 9.17) is 5.26 Å². The van der Waals surface area contributed by atoms with Crippen LogP contribution in [0.25, 0.3) is 0 Å². The zero-order chi connectivity index (χ0) is 13.0. The summed E-state index contributed by atoms with van der Waals surface area (Å²) >= 11 is 0. The standard InChI is InChI=1S/C10H7F3N2O2/c1-2-17-10(16)6-3-5(4-14)9(13)15-7(6)8(11)12/h3,8H,2H2,1H3. The van der Waals surface area contributed by atoms with E-state index >= 15 is 0 Å². The van der Waals surface area contributed by atoms with Crippen LogP contribution in [0.5, 0.6) is 0 Å². The van der Waals surface area contributed by atoms with Crippen LogP contribution in [0.1, 0.15) is 35.0 Å². The molecule has 0 fully saturated rings. The van der Waals surface area contributed by atoms with Crippen molar-refractivity contribution in [2.75, 3.05) is 6.61 Å². The summed E-state index contributed by atoms with van der Waals surface area (Å²) in [5.41, 5.74) is -2.21. The van der Waals surface area contributed by atoms with Crippen LogP contribution in [0.2, 0.25) is 0 Å². The van der Waals surface area contributed by atoms with Crippen LogP contribution in [-0.2, 0) is 4.74 Å². The van der Waals surface area contributed by atoms with Gasteiger partial charge in [-0.2, -0.15) is 9.65 Å². The number of nitriles is 1. The minimum absolute atomic E-state index is 0.0270. The maximum absolute atomic E-state index is 13.0. The van der Waals surface area contributed by atoms with Crippen molar-refractivity contribution in [2.24, 2.45) is 0 Å². The molecular weight excluding hydrogens is 237 g/mol. The van der Waals surface area contributed by atoms with Crippen molar-refractivity contribution in [3.63, 3.8) is 0 Å². The molecular formula is C10H7F3N2O2. The summed E-state index contributed by atoms with van der Waals surface area (Å²) in [7, 11) is 0. The Kier molecular flexibility index (Phi) is 4.04. The molecule has 17 heavy (non-hydrogen) atoms. The molecule has 0 atom stereocenters. The maximum atomic E-state index is 13.0. The van der Waals surface area contributed by atoms with Crippen molar-refractivity contribution in [1.29, 1.82) is 5.26 Å². The number of halogens is 3.